The third-order valence-electron chi connectivity index (χ3n) is 4.12. The van der Waals surface area contributed by atoms with Gasteiger partial charge in [0.2, 0.25) is 0 Å². The summed E-state index contributed by atoms with van der Waals surface area (Å²) in [5.41, 5.74) is 1.57. The van der Waals surface area contributed by atoms with Crippen molar-refractivity contribution < 1.29 is 19.0 Å². The summed E-state index contributed by atoms with van der Waals surface area (Å²) in [6, 6.07) is 11.8. The zero-order valence-corrected chi connectivity index (χ0v) is 19.3. The number of aliphatic imine (C=N–C) groups is 1. The number of methoxy groups -OCH3 is 2. The van der Waals surface area contributed by atoms with E-state index in [-0.39, 0.29) is 36.3 Å². The minimum absolute atomic E-state index is 0. The first kappa shape index (κ1) is 25.0. The maximum atomic E-state index is 13.3. The highest BCUT2D eigenvalue weighted by atomic mass is 127. The van der Waals surface area contributed by atoms with Gasteiger partial charge in [0.15, 0.2) is 5.96 Å². The van der Waals surface area contributed by atoms with Crippen molar-refractivity contribution >= 4 is 29.9 Å². The molecule has 1 unspecified atom stereocenters. The molecule has 0 fully saturated rings. The molecule has 0 saturated carbocycles. The second-order valence-electron chi connectivity index (χ2n) is 6.19. The molecule has 0 heterocycles. The lowest BCUT2D eigenvalue weighted by atomic mass is 10.1. The highest BCUT2D eigenvalue weighted by Crippen LogP contribution is 2.26. The molecule has 3 N–H and O–H groups in total. The lowest BCUT2D eigenvalue weighted by molar-refractivity contribution is 0.186. The van der Waals surface area contributed by atoms with E-state index in [2.05, 4.69) is 15.6 Å². The molecule has 0 amide bonds. The smallest absolute Gasteiger partial charge is 0.191 e. The summed E-state index contributed by atoms with van der Waals surface area (Å²) in [4.78, 5) is 4.44. The molecule has 0 saturated heterocycles. The Kier molecular flexibility index (Phi) is 11.4. The topological polar surface area (TPSA) is 75.1 Å². The summed E-state index contributed by atoms with van der Waals surface area (Å²) >= 11 is 0. The summed E-state index contributed by atoms with van der Waals surface area (Å²) in [6.45, 7) is 3.42. The van der Waals surface area contributed by atoms with Gasteiger partial charge in [-0.25, -0.2) is 4.39 Å². The quantitative estimate of drug-likeness (QED) is 0.271. The van der Waals surface area contributed by atoms with Crippen molar-refractivity contribution in [2.24, 2.45) is 4.99 Å². The number of guanidine groups is 1. The van der Waals surface area contributed by atoms with Crippen LogP contribution in [0.25, 0.3) is 0 Å². The molecule has 0 aliphatic heterocycles. The van der Waals surface area contributed by atoms with Gasteiger partial charge in [-0.15, -0.1) is 24.0 Å². The third-order valence-corrected chi connectivity index (χ3v) is 4.12. The van der Waals surface area contributed by atoms with E-state index in [1.54, 1.807) is 38.5 Å². The van der Waals surface area contributed by atoms with Gasteiger partial charge in [0, 0.05) is 19.2 Å². The zero-order valence-electron chi connectivity index (χ0n) is 16.9. The van der Waals surface area contributed by atoms with Gasteiger partial charge in [0.25, 0.3) is 0 Å². The van der Waals surface area contributed by atoms with Crippen LogP contribution in [0.1, 0.15) is 24.2 Å². The summed E-state index contributed by atoms with van der Waals surface area (Å²) in [6.07, 6.45) is -0.139. The minimum Gasteiger partial charge on any atom is -0.497 e. The summed E-state index contributed by atoms with van der Waals surface area (Å²) in [5, 5.41) is 16.8. The SMILES string of the molecule is CCNC(=NCC(O)c1cc(OC)cc(OC)c1)NCCc1cccc(F)c1.I. The van der Waals surface area contributed by atoms with Gasteiger partial charge >= 0.3 is 0 Å². The van der Waals surface area contributed by atoms with Gasteiger partial charge in [0.05, 0.1) is 26.9 Å². The van der Waals surface area contributed by atoms with Crippen LogP contribution < -0.4 is 20.1 Å². The molecular formula is C21H29FIN3O3. The summed E-state index contributed by atoms with van der Waals surface area (Å²) < 4.78 is 23.7. The average Bonchev–Trinajstić information content (AvgIpc) is 2.71. The van der Waals surface area contributed by atoms with E-state index in [0.717, 1.165) is 5.56 Å². The third kappa shape index (κ3) is 8.45. The second kappa shape index (κ2) is 13.2. The van der Waals surface area contributed by atoms with Crippen molar-refractivity contribution in [1.29, 1.82) is 0 Å². The standard InChI is InChI=1S/C21H28FN3O3.HI/c1-4-23-21(24-9-8-15-6-5-7-17(22)10-15)25-14-20(26)16-11-18(27-2)13-19(12-16)28-3;/h5-7,10-13,20,26H,4,8-9,14H2,1-3H3,(H2,23,24,25);1H. The van der Waals surface area contributed by atoms with Gasteiger partial charge in [-0.3, -0.25) is 4.99 Å². The van der Waals surface area contributed by atoms with Crippen molar-refractivity contribution in [2.75, 3.05) is 33.9 Å². The van der Waals surface area contributed by atoms with Crippen molar-refractivity contribution in [1.82, 2.24) is 10.6 Å². The molecular weight excluding hydrogens is 488 g/mol. The molecule has 0 aliphatic rings. The first-order valence-corrected chi connectivity index (χ1v) is 9.23. The fraction of sp³-hybridized carbons (Fsp3) is 0.381. The largest absolute Gasteiger partial charge is 0.497 e. The molecule has 8 heteroatoms. The van der Waals surface area contributed by atoms with E-state index < -0.39 is 6.10 Å². The van der Waals surface area contributed by atoms with E-state index in [0.29, 0.717) is 42.5 Å². The monoisotopic (exact) mass is 517 g/mol. The fourth-order valence-electron chi connectivity index (χ4n) is 2.66. The Morgan fingerprint density at radius 2 is 1.79 bits per heavy atom. The van der Waals surface area contributed by atoms with Crippen LogP contribution in [0, 0.1) is 5.82 Å². The average molecular weight is 517 g/mol. The van der Waals surface area contributed by atoms with E-state index >= 15 is 0 Å². The van der Waals surface area contributed by atoms with Gasteiger partial charge in [-0.05, 0) is 48.7 Å². The van der Waals surface area contributed by atoms with Crippen molar-refractivity contribution in [2.45, 2.75) is 19.4 Å². The number of hydrogen-bond donors (Lipinski definition) is 3. The predicted molar refractivity (Wildman–Crippen MR) is 124 cm³/mol. The van der Waals surface area contributed by atoms with E-state index in [1.165, 1.54) is 12.1 Å². The Bertz CT molecular complexity index is 767. The number of nitrogens with zero attached hydrogens (tertiary/aromatic N) is 1. The molecule has 0 radical (unpaired) electrons. The number of ether oxygens (including phenoxy) is 2. The lowest BCUT2D eigenvalue weighted by Gasteiger charge is -2.15. The molecule has 0 aliphatic carbocycles. The number of nitrogens with one attached hydrogen (secondary N) is 2. The van der Waals surface area contributed by atoms with Gasteiger partial charge < -0.3 is 25.2 Å². The number of aliphatic hydroxyl groups is 1. The minimum atomic E-state index is -0.803. The Morgan fingerprint density at radius 1 is 1.10 bits per heavy atom. The van der Waals surface area contributed by atoms with E-state index in [4.69, 9.17) is 9.47 Å². The lowest BCUT2D eigenvalue weighted by Crippen LogP contribution is -2.38. The predicted octanol–water partition coefficient (Wildman–Crippen LogP) is 3.29. The molecule has 2 aromatic carbocycles. The molecule has 2 aromatic rings. The Labute approximate surface area is 188 Å². The summed E-state index contributed by atoms with van der Waals surface area (Å²) in [7, 11) is 3.13. The Hall–Kier alpha value is -2.07. The van der Waals surface area contributed by atoms with Crippen molar-refractivity contribution in [3.63, 3.8) is 0 Å². The van der Waals surface area contributed by atoms with Crippen LogP contribution in [-0.4, -0.2) is 44.9 Å². The van der Waals surface area contributed by atoms with Crippen LogP contribution in [0.4, 0.5) is 4.39 Å². The Morgan fingerprint density at radius 3 is 2.38 bits per heavy atom. The van der Waals surface area contributed by atoms with Crippen LogP contribution in [-0.2, 0) is 6.42 Å². The van der Waals surface area contributed by atoms with Crippen molar-refractivity contribution in [3.05, 3.63) is 59.4 Å². The molecule has 6 nitrogen and oxygen atoms in total. The van der Waals surface area contributed by atoms with Crippen LogP contribution in [0.3, 0.4) is 0 Å². The number of rotatable bonds is 9. The fourth-order valence-corrected chi connectivity index (χ4v) is 2.66. The maximum absolute atomic E-state index is 13.3. The Balaban J connectivity index is 0.00000420. The molecule has 2 rings (SSSR count). The summed E-state index contributed by atoms with van der Waals surface area (Å²) in [5.74, 6) is 1.57. The van der Waals surface area contributed by atoms with Crippen LogP contribution >= 0.6 is 24.0 Å². The normalized spacial score (nSPS) is 12.0. The maximum Gasteiger partial charge on any atom is 0.191 e. The van der Waals surface area contributed by atoms with Crippen LogP contribution in [0.15, 0.2) is 47.5 Å². The molecule has 29 heavy (non-hydrogen) atoms. The van der Waals surface area contributed by atoms with Crippen molar-refractivity contribution in [3.8, 4) is 11.5 Å². The number of benzene rings is 2. The van der Waals surface area contributed by atoms with Gasteiger partial charge in [0.1, 0.15) is 17.3 Å². The zero-order chi connectivity index (χ0) is 20.4. The second-order valence-corrected chi connectivity index (χ2v) is 6.19. The highest BCUT2D eigenvalue weighted by Gasteiger charge is 2.11. The number of aliphatic hydroxyl groups excluding tert-OH is 1. The number of hydrogen-bond acceptors (Lipinski definition) is 4. The highest BCUT2D eigenvalue weighted by molar-refractivity contribution is 14.0. The molecule has 0 aromatic heterocycles. The number of halogens is 2. The van der Waals surface area contributed by atoms with E-state index in [1.807, 2.05) is 13.0 Å². The molecule has 0 bridgehead atoms. The first-order valence-electron chi connectivity index (χ1n) is 9.23. The van der Waals surface area contributed by atoms with Gasteiger partial charge in [-0.2, -0.15) is 0 Å². The molecule has 1 atom stereocenters. The van der Waals surface area contributed by atoms with Gasteiger partial charge in [-0.1, -0.05) is 12.1 Å². The van der Waals surface area contributed by atoms with E-state index in [9.17, 15) is 9.50 Å². The molecule has 0 spiro atoms. The first-order chi connectivity index (χ1) is 13.5. The van der Waals surface area contributed by atoms with Crippen LogP contribution in [0.2, 0.25) is 0 Å². The molecule has 160 valence electrons. The van der Waals surface area contributed by atoms with Crippen LogP contribution in [0.5, 0.6) is 11.5 Å².